The number of para-hydroxylation sites is 2. The van der Waals surface area contributed by atoms with Crippen LogP contribution >= 0.6 is 0 Å². The average molecular weight is 617 g/mol. The number of nitrogens with zero attached hydrogens (tertiary/aromatic N) is 4. The van der Waals surface area contributed by atoms with E-state index in [1.807, 2.05) is 66.7 Å². The van der Waals surface area contributed by atoms with Gasteiger partial charge in [-0.05, 0) is 40.6 Å². The Hall–Kier alpha value is -6.66. The predicted octanol–water partition coefficient (Wildman–Crippen LogP) is 10.9. The number of fused-ring (bicyclic) bond motifs is 7. The predicted molar refractivity (Wildman–Crippen MR) is 191 cm³/mol. The van der Waals surface area contributed by atoms with E-state index >= 15 is 0 Å². The molecule has 0 amide bonds. The van der Waals surface area contributed by atoms with Crippen molar-refractivity contribution in [2.24, 2.45) is 0 Å². The van der Waals surface area contributed by atoms with E-state index in [2.05, 4.69) is 77.8 Å². The Bertz CT molecular complexity index is 2850. The first-order valence-corrected chi connectivity index (χ1v) is 15.8. The molecular formula is C42H24N4O2. The SMILES string of the molecule is c1ccc(-c2cccc3c2oc2nccc(-c4nc(-c5ccc6ccccc6c5)nc(-c5cccc6oc7ccccc7c56)n4)c23)cc1. The highest BCUT2D eigenvalue weighted by Crippen LogP contribution is 2.41. The van der Waals surface area contributed by atoms with Gasteiger partial charge in [-0.1, -0.05) is 115 Å². The standard InChI is InChI=1S/C42H24N4O2/c1-2-11-26(12-3-1)29-15-8-16-31-37-33(22-23-43-42(37)48-38(29)31)41-45-39(28-21-20-25-10-4-5-13-27(25)24-28)44-40(46-41)32-17-9-19-35-36(32)30-14-6-7-18-34(30)47-35/h1-24H. The molecule has 0 radical (unpaired) electrons. The molecule has 0 saturated heterocycles. The van der Waals surface area contributed by atoms with Crippen molar-refractivity contribution < 1.29 is 8.83 Å². The molecule has 6 nitrogen and oxygen atoms in total. The minimum absolute atomic E-state index is 0.531. The summed E-state index contributed by atoms with van der Waals surface area (Å²) in [6, 6.07) is 47.1. The smallest absolute Gasteiger partial charge is 0.228 e. The van der Waals surface area contributed by atoms with E-state index in [9.17, 15) is 0 Å². The maximum absolute atomic E-state index is 6.48. The van der Waals surface area contributed by atoms with Crippen molar-refractivity contribution in [2.45, 2.75) is 0 Å². The molecule has 6 heteroatoms. The van der Waals surface area contributed by atoms with E-state index < -0.39 is 0 Å². The zero-order chi connectivity index (χ0) is 31.6. The maximum Gasteiger partial charge on any atom is 0.228 e. The molecule has 0 atom stereocenters. The van der Waals surface area contributed by atoms with Crippen LogP contribution in [0.2, 0.25) is 0 Å². The second-order valence-electron chi connectivity index (χ2n) is 11.8. The summed E-state index contributed by atoms with van der Waals surface area (Å²) in [6.07, 6.45) is 1.76. The van der Waals surface area contributed by atoms with Gasteiger partial charge in [0.2, 0.25) is 5.71 Å². The molecule has 0 aliphatic rings. The zero-order valence-corrected chi connectivity index (χ0v) is 25.5. The molecule has 10 aromatic rings. The van der Waals surface area contributed by atoms with Gasteiger partial charge < -0.3 is 8.83 Å². The lowest BCUT2D eigenvalue weighted by molar-refractivity contribution is 0.655. The monoisotopic (exact) mass is 616 g/mol. The first kappa shape index (κ1) is 26.5. The lowest BCUT2D eigenvalue weighted by Crippen LogP contribution is -2.01. The number of furan rings is 2. The van der Waals surface area contributed by atoms with Gasteiger partial charge in [0.1, 0.15) is 16.7 Å². The third-order valence-corrected chi connectivity index (χ3v) is 9.01. The second kappa shape index (κ2) is 10.4. The van der Waals surface area contributed by atoms with Crippen molar-refractivity contribution in [2.75, 3.05) is 0 Å². The molecule has 4 heterocycles. The van der Waals surface area contributed by atoms with Crippen LogP contribution in [0.3, 0.4) is 0 Å². The summed E-state index contributed by atoms with van der Waals surface area (Å²) in [5, 5.41) is 6.06. The van der Waals surface area contributed by atoms with Crippen LogP contribution in [0.15, 0.2) is 155 Å². The minimum Gasteiger partial charge on any atom is -0.456 e. The van der Waals surface area contributed by atoms with Crippen molar-refractivity contribution in [3.63, 3.8) is 0 Å². The third kappa shape index (κ3) is 4.13. The van der Waals surface area contributed by atoms with Crippen LogP contribution in [-0.2, 0) is 0 Å². The molecule has 0 unspecified atom stereocenters. The molecule has 0 saturated carbocycles. The lowest BCUT2D eigenvalue weighted by Gasteiger charge is -2.10. The van der Waals surface area contributed by atoms with Gasteiger partial charge in [-0.15, -0.1) is 0 Å². The molecule has 10 rings (SSSR count). The fourth-order valence-corrected chi connectivity index (χ4v) is 6.79. The fourth-order valence-electron chi connectivity index (χ4n) is 6.79. The number of hydrogen-bond acceptors (Lipinski definition) is 6. The Labute approximate surface area is 274 Å². The van der Waals surface area contributed by atoms with Crippen molar-refractivity contribution in [3.05, 3.63) is 146 Å². The number of benzene rings is 6. The summed E-state index contributed by atoms with van der Waals surface area (Å²) in [7, 11) is 0. The van der Waals surface area contributed by atoms with Gasteiger partial charge in [-0.25, -0.2) is 19.9 Å². The van der Waals surface area contributed by atoms with Gasteiger partial charge >= 0.3 is 0 Å². The normalized spacial score (nSPS) is 11.8. The van der Waals surface area contributed by atoms with Gasteiger partial charge in [-0.2, -0.15) is 0 Å². The highest BCUT2D eigenvalue weighted by Gasteiger charge is 2.22. The summed E-state index contributed by atoms with van der Waals surface area (Å²) < 4.78 is 12.7. The maximum atomic E-state index is 6.48. The van der Waals surface area contributed by atoms with Crippen molar-refractivity contribution in [1.82, 2.24) is 19.9 Å². The molecule has 0 aliphatic carbocycles. The quantitative estimate of drug-likeness (QED) is 0.196. The summed E-state index contributed by atoms with van der Waals surface area (Å²) in [5.74, 6) is 1.67. The zero-order valence-electron chi connectivity index (χ0n) is 25.5. The first-order valence-electron chi connectivity index (χ1n) is 15.8. The number of pyridine rings is 1. The van der Waals surface area contributed by atoms with E-state index in [1.165, 1.54) is 0 Å². The molecule has 224 valence electrons. The van der Waals surface area contributed by atoms with Crippen molar-refractivity contribution in [1.29, 1.82) is 0 Å². The van der Waals surface area contributed by atoms with Crippen molar-refractivity contribution >= 4 is 54.8 Å². The minimum atomic E-state index is 0.531. The largest absolute Gasteiger partial charge is 0.456 e. The van der Waals surface area contributed by atoms with Gasteiger partial charge in [0, 0.05) is 44.6 Å². The molecule has 0 bridgehead atoms. The Kier molecular flexibility index (Phi) is 5.77. The van der Waals surface area contributed by atoms with E-state index in [4.69, 9.17) is 23.8 Å². The van der Waals surface area contributed by atoms with Crippen LogP contribution in [0.1, 0.15) is 0 Å². The van der Waals surface area contributed by atoms with Crippen LogP contribution in [0.4, 0.5) is 0 Å². The number of hydrogen-bond donors (Lipinski definition) is 0. The number of aromatic nitrogens is 4. The molecular weight excluding hydrogens is 592 g/mol. The number of rotatable bonds is 4. The summed E-state index contributed by atoms with van der Waals surface area (Å²) in [5.41, 5.74) is 7.57. The Morgan fingerprint density at radius 3 is 2.00 bits per heavy atom. The Morgan fingerprint density at radius 1 is 0.417 bits per heavy atom. The van der Waals surface area contributed by atoms with E-state index in [0.717, 1.165) is 76.9 Å². The van der Waals surface area contributed by atoms with Crippen LogP contribution in [0, 0.1) is 0 Å². The molecule has 0 N–H and O–H groups in total. The van der Waals surface area contributed by atoms with Gasteiger partial charge in [0.25, 0.3) is 0 Å². The molecule has 6 aromatic carbocycles. The molecule has 0 aliphatic heterocycles. The highest BCUT2D eigenvalue weighted by atomic mass is 16.3. The Balaban J connectivity index is 1.26. The van der Waals surface area contributed by atoms with E-state index in [1.54, 1.807) is 6.20 Å². The average Bonchev–Trinajstić information content (AvgIpc) is 3.73. The summed E-state index contributed by atoms with van der Waals surface area (Å²) in [4.78, 5) is 20.1. The lowest BCUT2D eigenvalue weighted by atomic mass is 10.0. The van der Waals surface area contributed by atoms with Crippen molar-refractivity contribution in [3.8, 4) is 45.3 Å². The van der Waals surface area contributed by atoms with Gasteiger partial charge in [0.15, 0.2) is 17.5 Å². The van der Waals surface area contributed by atoms with E-state index in [0.29, 0.717) is 23.2 Å². The summed E-state index contributed by atoms with van der Waals surface area (Å²) >= 11 is 0. The molecule has 0 spiro atoms. The van der Waals surface area contributed by atoms with Crippen LogP contribution in [0.25, 0.3) is 100 Å². The van der Waals surface area contributed by atoms with Gasteiger partial charge in [-0.3, -0.25) is 0 Å². The summed E-state index contributed by atoms with van der Waals surface area (Å²) in [6.45, 7) is 0. The highest BCUT2D eigenvalue weighted by molar-refractivity contribution is 6.14. The molecule has 4 aromatic heterocycles. The fraction of sp³-hybridized carbons (Fsp3) is 0. The first-order chi connectivity index (χ1) is 23.8. The van der Waals surface area contributed by atoms with Crippen LogP contribution < -0.4 is 0 Å². The van der Waals surface area contributed by atoms with Gasteiger partial charge in [0.05, 0.1) is 5.39 Å². The molecule has 0 fully saturated rings. The second-order valence-corrected chi connectivity index (χ2v) is 11.8. The van der Waals surface area contributed by atoms with E-state index in [-0.39, 0.29) is 0 Å². The molecule has 48 heavy (non-hydrogen) atoms. The Morgan fingerprint density at radius 2 is 1.10 bits per heavy atom. The topological polar surface area (TPSA) is 77.8 Å². The third-order valence-electron chi connectivity index (χ3n) is 9.01. The van der Waals surface area contributed by atoms with Crippen LogP contribution in [-0.4, -0.2) is 19.9 Å². The van der Waals surface area contributed by atoms with Crippen LogP contribution in [0.5, 0.6) is 0 Å².